The van der Waals surface area contributed by atoms with Crippen LogP contribution in [0.4, 0.5) is 0 Å². The molecule has 0 aliphatic carbocycles. The number of carboxylic acid groups (broad SMARTS) is 1. The summed E-state index contributed by atoms with van der Waals surface area (Å²) in [6.45, 7) is 13.4. The highest BCUT2D eigenvalue weighted by Gasteiger charge is 2.29. The first-order valence-corrected chi connectivity index (χ1v) is 10.1. The molecule has 0 fully saturated rings. The lowest BCUT2D eigenvalue weighted by molar-refractivity contribution is -0.122. The standard InChI is InChI=1S/C19H33NO.C2H6.CH2O2/c1-5-11-17(7-3)19(21)18(15(4)6-2)20-14-16-12-9-8-10-13-16;1-2;2-1-3/h8-10,12-13,15,17-21H,5-7,11,14H2,1-4H3;1-2H3;1H,(H,2,3). The first-order chi connectivity index (χ1) is 12.5. The van der Waals surface area contributed by atoms with Gasteiger partial charge in [0.15, 0.2) is 0 Å². The van der Waals surface area contributed by atoms with Gasteiger partial charge in [0, 0.05) is 12.6 Å². The van der Waals surface area contributed by atoms with Crippen LogP contribution in [0.25, 0.3) is 0 Å². The molecule has 4 nitrogen and oxygen atoms in total. The van der Waals surface area contributed by atoms with E-state index in [0.29, 0.717) is 11.8 Å². The summed E-state index contributed by atoms with van der Waals surface area (Å²) in [6.07, 6.45) is 4.13. The van der Waals surface area contributed by atoms with E-state index < -0.39 is 0 Å². The zero-order chi connectivity index (χ0) is 20.4. The van der Waals surface area contributed by atoms with Gasteiger partial charge in [0.25, 0.3) is 6.47 Å². The number of benzene rings is 1. The Morgan fingerprint density at radius 1 is 1.08 bits per heavy atom. The number of hydrogen-bond acceptors (Lipinski definition) is 3. The predicted octanol–water partition coefficient (Wildman–Crippen LogP) is 5.11. The number of aliphatic hydroxyl groups is 1. The maximum absolute atomic E-state index is 10.8. The van der Waals surface area contributed by atoms with Crippen LogP contribution in [0.15, 0.2) is 30.3 Å². The third-order valence-electron chi connectivity index (χ3n) is 4.68. The van der Waals surface area contributed by atoms with Crippen LogP contribution in [0.2, 0.25) is 0 Å². The maximum Gasteiger partial charge on any atom is 0.290 e. The quantitative estimate of drug-likeness (QED) is 0.503. The molecule has 26 heavy (non-hydrogen) atoms. The third-order valence-corrected chi connectivity index (χ3v) is 4.68. The van der Waals surface area contributed by atoms with Crippen LogP contribution in [0.1, 0.15) is 72.8 Å². The van der Waals surface area contributed by atoms with Gasteiger partial charge in [-0.2, -0.15) is 0 Å². The molecule has 1 rings (SSSR count). The summed E-state index contributed by atoms with van der Waals surface area (Å²) in [5, 5.41) is 21.3. The van der Waals surface area contributed by atoms with E-state index >= 15 is 0 Å². The van der Waals surface area contributed by atoms with E-state index in [0.717, 1.165) is 32.2 Å². The van der Waals surface area contributed by atoms with Gasteiger partial charge >= 0.3 is 0 Å². The van der Waals surface area contributed by atoms with Crippen molar-refractivity contribution in [3.63, 3.8) is 0 Å². The summed E-state index contributed by atoms with van der Waals surface area (Å²) in [6, 6.07) is 10.6. The Bertz CT molecular complexity index is 411. The first-order valence-electron chi connectivity index (χ1n) is 10.1. The minimum absolute atomic E-state index is 0.173. The fourth-order valence-electron chi connectivity index (χ4n) is 3.02. The third kappa shape index (κ3) is 11.3. The molecule has 3 N–H and O–H groups in total. The van der Waals surface area contributed by atoms with Gasteiger partial charge in [0.05, 0.1) is 6.10 Å². The monoisotopic (exact) mass is 367 g/mol. The summed E-state index contributed by atoms with van der Waals surface area (Å²) in [5.41, 5.74) is 1.28. The molecule has 4 unspecified atom stereocenters. The van der Waals surface area contributed by atoms with Crippen molar-refractivity contribution in [2.45, 2.75) is 85.9 Å². The van der Waals surface area contributed by atoms with Gasteiger partial charge in [-0.25, -0.2) is 0 Å². The molecule has 0 aromatic heterocycles. The number of carbonyl (C=O) groups is 1. The van der Waals surface area contributed by atoms with Crippen LogP contribution in [-0.4, -0.2) is 28.8 Å². The second kappa shape index (κ2) is 18.4. The molecule has 152 valence electrons. The Morgan fingerprint density at radius 2 is 1.62 bits per heavy atom. The first kappa shape index (κ1) is 26.8. The van der Waals surface area contributed by atoms with Gasteiger partial charge in [0.1, 0.15) is 0 Å². The van der Waals surface area contributed by atoms with Crippen molar-refractivity contribution in [1.82, 2.24) is 5.32 Å². The van der Waals surface area contributed by atoms with E-state index in [4.69, 9.17) is 9.90 Å². The highest BCUT2D eigenvalue weighted by Crippen LogP contribution is 2.23. The molecule has 1 aromatic carbocycles. The summed E-state index contributed by atoms with van der Waals surface area (Å²) >= 11 is 0. The van der Waals surface area contributed by atoms with E-state index in [1.54, 1.807) is 0 Å². The maximum atomic E-state index is 10.8. The molecule has 0 aliphatic rings. The molecule has 4 atom stereocenters. The van der Waals surface area contributed by atoms with Crippen molar-refractivity contribution in [2.75, 3.05) is 0 Å². The molecule has 0 amide bonds. The average molecular weight is 368 g/mol. The molecule has 0 heterocycles. The number of hydrogen-bond donors (Lipinski definition) is 3. The summed E-state index contributed by atoms with van der Waals surface area (Å²) in [4.78, 5) is 8.36. The number of nitrogens with one attached hydrogen (secondary N) is 1. The zero-order valence-corrected chi connectivity index (χ0v) is 17.6. The SMILES string of the molecule is CC.CCCC(CC)C(O)C(NCc1ccccc1)C(C)CC.O=CO. The van der Waals surface area contributed by atoms with E-state index in [1.807, 2.05) is 19.9 Å². The predicted molar refractivity (Wildman–Crippen MR) is 111 cm³/mol. The highest BCUT2D eigenvalue weighted by atomic mass is 16.3. The lowest BCUT2D eigenvalue weighted by Crippen LogP contribution is -2.47. The van der Waals surface area contributed by atoms with Crippen molar-refractivity contribution >= 4 is 6.47 Å². The van der Waals surface area contributed by atoms with Gasteiger partial charge in [-0.05, 0) is 23.8 Å². The van der Waals surface area contributed by atoms with Crippen molar-refractivity contribution in [1.29, 1.82) is 0 Å². The van der Waals surface area contributed by atoms with Crippen molar-refractivity contribution < 1.29 is 15.0 Å². The fourth-order valence-corrected chi connectivity index (χ4v) is 3.02. The van der Waals surface area contributed by atoms with Crippen molar-refractivity contribution in [3.8, 4) is 0 Å². The van der Waals surface area contributed by atoms with Crippen LogP contribution in [0.5, 0.6) is 0 Å². The normalized spacial score (nSPS) is 14.6. The smallest absolute Gasteiger partial charge is 0.290 e. The number of aliphatic hydroxyl groups excluding tert-OH is 1. The number of rotatable bonds is 10. The zero-order valence-electron chi connectivity index (χ0n) is 17.6. The topological polar surface area (TPSA) is 69.6 Å². The van der Waals surface area contributed by atoms with E-state index in [-0.39, 0.29) is 18.6 Å². The molecule has 4 heteroatoms. The van der Waals surface area contributed by atoms with Crippen LogP contribution < -0.4 is 5.32 Å². The van der Waals surface area contributed by atoms with Gasteiger partial charge in [0.2, 0.25) is 0 Å². The summed E-state index contributed by atoms with van der Waals surface area (Å²) < 4.78 is 0. The summed E-state index contributed by atoms with van der Waals surface area (Å²) in [5.74, 6) is 0.881. The molecule has 0 saturated heterocycles. The second-order valence-electron chi connectivity index (χ2n) is 6.33. The van der Waals surface area contributed by atoms with Crippen LogP contribution in [-0.2, 0) is 11.3 Å². The molecule has 1 aromatic rings. The lowest BCUT2D eigenvalue weighted by atomic mass is 9.83. The van der Waals surface area contributed by atoms with E-state index in [9.17, 15) is 5.11 Å². The molecule has 0 aliphatic heterocycles. The Morgan fingerprint density at radius 3 is 2.04 bits per heavy atom. The van der Waals surface area contributed by atoms with Gasteiger partial charge in [-0.3, -0.25) is 4.79 Å². The average Bonchev–Trinajstić information content (AvgIpc) is 2.68. The van der Waals surface area contributed by atoms with Crippen LogP contribution in [0.3, 0.4) is 0 Å². The Labute approximate surface area is 161 Å². The fraction of sp³-hybridized carbons (Fsp3) is 0.682. The highest BCUT2D eigenvalue weighted by molar-refractivity contribution is 5.32. The molecular weight excluding hydrogens is 326 g/mol. The lowest BCUT2D eigenvalue weighted by Gasteiger charge is -2.34. The van der Waals surface area contributed by atoms with Crippen molar-refractivity contribution in [2.24, 2.45) is 11.8 Å². The molecule has 0 radical (unpaired) electrons. The molecule has 0 spiro atoms. The van der Waals surface area contributed by atoms with E-state index in [1.165, 1.54) is 5.56 Å². The van der Waals surface area contributed by atoms with Crippen molar-refractivity contribution in [3.05, 3.63) is 35.9 Å². The molecule has 0 bridgehead atoms. The second-order valence-corrected chi connectivity index (χ2v) is 6.33. The Kier molecular flexibility index (Phi) is 19.0. The largest absolute Gasteiger partial charge is 0.483 e. The van der Waals surface area contributed by atoms with Gasteiger partial charge in [-0.15, -0.1) is 0 Å². The van der Waals surface area contributed by atoms with Crippen LogP contribution >= 0.6 is 0 Å². The van der Waals surface area contributed by atoms with Gasteiger partial charge in [-0.1, -0.05) is 91.1 Å². The minimum Gasteiger partial charge on any atom is -0.483 e. The Hall–Kier alpha value is -1.39. The Balaban J connectivity index is 0. The van der Waals surface area contributed by atoms with E-state index in [2.05, 4.69) is 57.3 Å². The van der Waals surface area contributed by atoms with Gasteiger partial charge < -0.3 is 15.5 Å². The minimum atomic E-state index is -0.256. The molecule has 0 saturated carbocycles. The van der Waals surface area contributed by atoms with Crippen LogP contribution in [0, 0.1) is 11.8 Å². The molecular formula is C22H41NO3. The summed E-state index contributed by atoms with van der Waals surface area (Å²) in [7, 11) is 0.